The second-order valence-electron chi connectivity index (χ2n) is 9.64. The van der Waals surface area contributed by atoms with Crippen LogP contribution < -0.4 is 10.6 Å². The number of carbonyl (C=O) groups excluding carboxylic acids is 1. The van der Waals surface area contributed by atoms with Gasteiger partial charge in [-0.05, 0) is 67.8 Å². The number of nitrogens with zero attached hydrogens (tertiary/aromatic N) is 2. The van der Waals surface area contributed by atoms with Crippen molar-refractivity contribution in [1.29, 1.82) is 0 Å². The van der Waals surface area contributed by atoms with Crippen LogP contribution in [0, 0.1) is 11.8 Å². The zero-order valence-corrected chi connectivity index (χ0v) is 21.8. The Balaban J connectivity index is 1.51. The summed E-state index contributed by atoms with van der Waals surface area (Å²) in [6.07, 6.45) is -0.924. The molecule has 0 radical (unpaired) electrons. The van der Waals surface area contributed by atoms with E-state index in [1.54, 1.807) is 18.3 Å². The summed E-state index contributed by atoms with van der Waals surface area (Å²) in [5.74, 6) is 6.04. The minimum absolute atomic E-state index is 0.0921. The third-order valence-corrected chi connectivity index (χ3v) is 7.58. The van der Waals surface area contributed by atoms with Crippen LogP contribution in [0.5, 0.6) is 0 Å². The van der Waals surface area contributed by atoms with Crippen molar-refractivity contribution in [1.82, 2.24) is 9.97 Å². The second kappa shape index (κ2) is 9.10. The van der Waals surface area contributed by atoms with Gasteiger partial charge in [-0.1, -0.05) is 12.0 Å². The summed E-state index contributed by atoms with van der Waals surface area (Å²) in [4.78, 5) is 20.3. The molecule has 1 amide bonds. The first-order valence-electron chi connectivity index (χ1n) is 11.6. The minimum Gasteiger partial charge on any atom is -0.340 e. The van der Waals surface area contributed by atoms with E-state index in [9.17, 15) is 26.4 Å². The Morgan fingerprint density at radius 2 is 1.77 bits per heavy atom. The fourth-order valence-electron chi connectivity index (χ4n) is 4.27. The number of aromatic nitrogens is 2. The second-order valence-corrected chi connectivity index (χ2v) is 11.7. The normalized spacial score (nSPS) is 14.4. The SMILES string of the molecule is CC1(C)C(=O)Nc2cc(C#Cc3nccc4cnc(Nc5ccc(S(C)(=O)=O)cc5C(F)(F)F)cc34)ccc21. The molecule has 2 N–H and O–H groups in total. The molecule has 0 spiro atoms. The molecule has 1 aliphatic heterocycles. The molecule has 0 atom stereocenters. The molecular formula is C28H21F3N4O3S. The molecule has 2 aromatic carbocycles. The van der Waals surface area contributed by atoms with Crippen molar-refractivity contribution in [2.45, 2.75) is 30.3 Å². The van der Waals surface area contributed by atoms with E-state index in [-0.39, 0.29) is 17.4 Å². The molecule has 5 rings (SSSR count). The number of benzene rings is 2. The van der Waals surface area contributed by atoms with Crippen molar-refractivity contribution < 1.29 is 26.4 Å². The monoisotopic (exact) mass is 550 g/mol. The number of fused-ring (bicyclic) bond motifs is 2. The molecule has 7 nitrogen and oxygen atoms in total. The Morgan fingerprint density at radius 1 is 1.00 bits per heavy atom. The van der Waals surface area contributed by atoms with Crippen molar-refractivity contribution in [3.8, 4) is 11.8 Å². The lowest BCUT2D eigenvalue weighted by atomic mass is 9.86. The molecule has 11 heteroatoms. The molecule has 3 heterocycles. The number of pyridine rings is 2. The van der Waals surface area contributed by atoms with Gasteiger partial charge < -0.3 is 10.6 Å². The summed E-state index contributed by atoms with van der Waals surface area (Å²) in [6, 6.07) is 11.4. The summed E-state index contributed by atoms with van der Waals surface area (Å²) in [5, 5.41) is 6.74. The molecule has 0 aliphatic carbocycles. The number of alkyl halides is 3. The van der Waals surface area contributed by atoms with Crippen LogP contribution in [-0.2, 0) is 26.2 Å². The predicted octanol–water partition coefficient (Wildman–Crippen LogP) is 5.43. The number of rotatable bonds is 3. The van der Waals surface area contributed by atoms with E-state index in [2.05, 4.69) is 32.4 Å². The van der Waals surface area contributed by atoms with Crippen LogP contribution in [0.3, 0.4) is 0 Å². The van der Waals surface area contributed by atoms with Gasteiger partial charge in [0.05, 0.1) is 21.6 Å². The standard InChI is InChI=1S/C28H21F3N4O3S/c1-27(2)20-7-4-16(12-24(20)35-26(27)36)5-8-22-19-14-25(33-15-17(19)10-11-32-22)34-23-9-6-18(39(3,37)38)13-21(23)28(29,30)31/h4,6-7,9-15H,1-3H3,(H,33,34)(H,35,36). The van der Waals surface area contributed by atoms with Gasteiger partial charge in [-0.3, -0.25) is 4.79 Å². The fourth-order valence-corrected chi connectivity index (χ4v) is 4.92. The topological polar surface area (TPSA) is 101 Å². The Hall–Kier alpha value is -4.43. The molecular weight excluding hydrogens is 529 g/mol. The molecule has 0 bridgehead atoms. The van der Waals surface area contributed by atoms with Gasteiger partial charge in [-0.2, -0.15) is 13.2 Å². The zero-order chi connectivity index (χ0) is 28.2. The Morgan fingerprint density at radius 3 is 2.49 bits per heavy atom. The highest BCUT2D eigenvalue weighted by Gasteiger charge is 2.38. The lowest BCUT2D eigenvalue weighted by molar-refractivity contribution is -0.137. The third-order valence-electron chi connectivity index (χ3n) is 6.47. The average Bonchev–Trinajstić information content (AvgIpc) is 3.09. The summed E-state index contributed by atoms with van der Waals surface area (Å²) in [5.41, 5.74) is 0.495. The smallest absolute Gasteiger partial charge is 0.340 e. The lowest BCUT2D eigenvalue weighted by Crippen LogP contribution is -2.26. The molecule has 198 valence electrons. The summed E-state index contributed by atoms with van der Waals surface area (Å²) in [6.45, 7) is 3.69. The van der Waals surface area contributed by atoms with Crippen LogP contribution in [0.4, 0.5) is 30.4 Å². The van der Waals surface area contributed by atoms with E-state index >= 15 is 0 Å². The van der Waals surface area contributed by atoms with Crippen LogP contribution >= 0.6 is 0 Å². The van der Waals surface area contributed by atoms with Crippen molar-refractivity contribution in [2.24, 2.45) is 0 Å². The number of hydrogen-bond acceptors (Lipinski definition) is 6. The van der Waals surface area contributed by atoms with Gasteiger partial charge in [0.2, 0.25) is 5.91 Å². The van der Waals surface area contributed by atoms with Gasteiger partial charge in [-0.15, -0.1) is 0 Å². The Bertz CT molecular complexity index is 1840. The maximum absolute atomic E-state index is 13.7. The predicted molar refractivity (Wildman–Crippen MR) is 141 cm³/mol. The first-order valence-corrected chi connectivity index (χ1v) is 13.5. The van der Waals surface area contributed by atoms with Gasteiger partial charge in [-0.25, -0.2) is 18.4 Å². The maximum atomic E-state index is 13.7. The number of anilines is 3. The van der Waals surface area contributed by atoms with Crippen molar-refractivity contribution in [3.63, 3.8) is 0 Å². The maximum Gasteiger partial charge on any atom is 0.418 e. The van der Waals surface area contributed by atoms with Crippen LogP contribution in [0.2, 0.25) is 0 Å². The first kappa shape index (κ1) is 26.2. The molecule has 0 saturated carbocycles. The number of nitrogens with one attached hydrogen (secondary N) is 2. The average molecular weight is 551 g/mol. The van der Waals surface area contributed by atoms with Crippen molar-refractivity contribution >= 4 is 43.7 Å². The van der Waals surface area contributed by atoms with Gasteiger partial charge in [0.15, 0.2) is 9.84 Å². The highest BCUT2D eigenvalue weighted by Crippen LogP contribution is 2.38. The quantitative estimate of drug-likeness (QED) is 0.330. The first-order chi connectivity index (χ1) is 18.2. The molecule has 0 saturated heterocycles. The minimum atomic E-state index is -4.80. The molecule has 0 unspecified atom stereocenters. The zero-order valence-electron chi connectivity index (χ0n) is 20.9. The van der Waals surface area contributed by atoms with Crippen molar-refractivity contribution in [2.75, 3.05) is 16.9 Å². The lowest BCUT2D eigenvalue weighted by Gasteiger charge is -2.15. The number of halogens is 3. The highest BCUT2D eigenvalue weighted by molar-refractivity contribution is 7.90. The molecule has 4 aromatic rings. The van der Waals surface area contributed by atoms with E-state index in [0.29, 0.717) is 33.8 Å². The van der Waals surface area contributed by atoms with Gasteiger partial charge >= 0.3 is 6.18 Å². The number of sulfone groups is 1. The van der Waals surface area contributed by atoms with E-state index in [0.717, 1.165) is 24.0 Å². The van der Waals surface area contributed by atoms with Crippen molar-refractivity contribution in [3.05, 3.63) is 83.3 Å². The van der Waals surface area contributed by atoms with E-state index < -0.39 is 31.9 Å². The molecule has 2 aromatic heterocycles. The van der Waals surface area contributed by atoms with Crippen LogP contribution in [0.1, 0.15) is 36.2 Å². The summed E-state index contributed by atoms with van der Waals surface area (Å²) < 4.78 is 64.8. The third kappa shape index (κ3) is 5.03. The van der Waals surface area contributed by atoms with Crippen LogP contribution in [-0.4, -0.2) is 30.5 Å². The Kier molecular flexibility index (Phi) is 6.11. The summed E-state index contributed by atoms with van der Waals surface area (Å²) >= 11 is 0. The number of hydrogen-bond donors (Lipinski definition) is 2. The number of amides is 1. The Labute approximate surface area is 222 Å². The molecule has 1 aliphatic rings. The largest absolute Gasteiger partial charge is 0.418 e. The van der Waals surface area contributed by atoms with E-state index in [1.807, 2.05) is 26.0 Å². The van der Waals surface area contributed by atoms with Crippen LogP contribution in [0.15, 0.2) is 65.8 Å². The van der Waals surface area contributed by atoms with E-state index in [1.165, 1.54) is 12.3 Å². The van der Waals surface area contributed by atoms with E-state index in [4.69, 9.17) is 0 Å². The molecule has 39 heavy (non-hydrogen) atoms. The fraction of sp³-hybridized carbons (Fsp3) is 0.179. The number of carbonyl (C=O) groups is 1. The molecule has 0 fully saturated rings. The highest BCUT2D eigenvalue weighted by atomic mass is 32.2. The summed E-state index contributed by atoms with van der Waals surface area (Å²) in [7, 11) is -3.84. The van der Waals surface area contributed by atoms with Gasteiger partial charge in [0, 0.05) is 40.7 Å². The van der Waals surface area contributed by atoms with Gasteiger partial charge in [0.1, 0.15) is 11.5 Å². The van der Waals surface area contributed by atoms with Gasteiger partial charge in [0.25, 0.3) is 0 Å². The van der Waals surface area contributed by atoms with Crippen LogP contribution in [0.25, 0.3) is 10.8 Å².